The lowest BCUT2D eigenvalue weighted by atomic mass is 10.0. The number of anilines is 1. The molecule has 2 amide bonds. The number of carboxylic acid groups (broad SMARTS) is 1. The summed E-state index contributed by atoms with van der Waals surface area (Å²) in [5.41, 5.74) is 6.15. The maximum Gasteiger partial charge on any atom is 0.353 e. The minimum absolute atomic E-state index is 0.0998. The molecule has 2 aliphatic rings. The summed E-state index contributed by atoms with van der Waals surface area (Å²) in [5.74, 6) is -2.09. The minimum atomic E-state index is -1.22. The zero-order chi connectivity index (χ0) is 26.1. The van der Waals surface area contributed by atoms with E-state index in [-0.39, 0.29) is 22.2 Å². The first-order chi connectivity index (χ1) is 17.9. The summed E-state index contributed by atoms with van der Waals surface area (Å²) in [6.07, 6.45) is 1.63. The number of rotatable bonds is 8. The van der Waals surface area contributed by atoms with Crippen molar-refractivity contribution in [1.29, 1.82) is 0 Å². The molecule has 2 aromatic heterocycles. The highest BCUT2D eigenvalue weighted by Crippen LogP contribution is 2.45. The van der Waals surface area contributed by atoms with Gasteiger partial charge in [0.05, 0.1) is 4.88 Å². The molecule has 2 atom stereocenters. The zero-order valence-electron chi connectivity index (χ0n) is 19.0. The van der Waals surface area contributed by atoms with Crippen molar-refractivity contribution < 1.29 is 24.3 Å². The van der Waals surface area contributed by atoms with Gasteiger partial charge < -0.3 is 21.0 Å². The Morgan fingerprint density at radius 3 is 2.78 bits per heavy atom. The van der Waals surface area contributed by atoms with Gasteiger partial charge >= 0.3 is 5.97 Å². The molecular formula is C22H18N6O5S4. The van der Waals surface area contributed by atoms with Crippen LogP contribution < -0.4 is 11.1 Å². The molecule has 190 valence electrons. The number of carbonyl (C=O) groups is 3. The van der Waals surface area contributed by atoms with E-state index < -0.39 is 29.2 Å². The molecule has 2 aliphatic heterocycles. The fraction of sp³-hybridized carbons (Fsp3) is 0.182. The number of thioether (sulfide) groups is 1. The number of β-lactam (4-membered cyclic amide) rings is 1. The van der Waals surface area contributed by atoms with Gasteiger partial charge in [-0.25, -0.2) is 14.8 Å². The van der Waals surface area contributed by atoms with Gasteiger partial charge in [-0.3, -0.25) is 14.5 Å². The van der Waals surface area contributed by atoms with Crippen molar-refractivity contribution >= 4 is 80.4 Å². The third-order valence-corrected chi connectivity index (χ3v) is 9.44. The fourth-order valence-corrected chi connectivity index (χ4v) is 7.76. The number of nitrogens with two attached hydrogens (primary N) is 1. The lowest BCUT2D eigenvalue weighted by Crippen LogP contribution is -2.71. The number of amides is 2. The Morgan fingerprint density at radius 2 is 2.11 bits per heavy atom. The molecule has 0 saturated carbocycles. The van der Waals surface area contributed by atoms with Crippen LogP contribution in [-0.2, 0) is 19.2 Å². The SMILES string of the molecule is CO/N=C(\C(=O)N[C@@H]1C(=O)N2C(C(=O)O)=C(c3cnc(Sc4ccccc4)s3)CS[C@H]12)c1csc(N)n1. The lowest BCUT2D eigenvalue weighted by Gasteiger charge is -2.49. The maximum absolute atomic E-state index is 13.1. The molecule has 0 bridgehead atoms. The molecule has 15 heteroatoms. The van der Waals surface area contributed by atoms with Crippen molar-refractivity contribution in [2.75, 3.05) is 18.6 Å². The van der Waals surface area contributed by atoms with E-state index in [0.717, 1.165) is 20.6 Å². The number of benzene rings is 1. The molecule has 5 rings (SSSR count). The summed E-state index contributed by atoms with van der Waals surface area (Å²) >= 11 is 5.35. The molecule has 0 unspecified atom stereocenters. The van der Waals surface area contributed by atoms with Crippen LogP contribution in [-0.4, -0.2) is 67.7 Å². The molecule has 1 saturated heterocycles. The summed E-state index contributed by atoms with van der Waals surface area (Å²) < 4.78 is 0.762. The normalized spacial score (nSPS) is 19.3. The number of nitrogens with one attached hydrogen (secondary N) is 1. The third kappa shape index (κ3) is 4.94. The highest BCUT2D eigenvalue weighted by atomic mass is 32.2. The highest BCUT2D eigenvalue weighted by molar-refractivity contribution is 8.01. The topological polar surface area (TPSA) is 160 Å². The van der Waals surface area contributed by atoms with Crippen LogP contribution in [0.2, 0.25) is 0 Å². The second kappa shape index (κ2) is 10.5. The second-order valence-electron chi connectivity index (χ2n) is 7.59. The first-order valence-corrected chi connectivity index (χ1v) is 14.2. The van der Waals surface area contributed by atoms with Gasteiger partial charge in [0, 0.05) is 27.8 Å². The Labute approximate surface area is 226 Å². The Balaban J connectivity index is 1.35. The number of aliphatic carboxylic acids is 1. The van der Waals surface area contributed by atoms with Gasteiger partial charge in [-0.05, 0) is 12.1 Å². The Kier molecular flexibility index (Phi) is 7.19. The summed E-state index contributed by atoms with van der Waals surface area (Å²) in [6, 6.07) is 8.79. The maximum atomic E-state index is 13.1. The van der Waals surface area contributed by atoms with Gasteiger partial charge in [0.1, 0.15) is 29.9 Å². The third-order valence-electron chi connectivity index (χ3n) is 5.35. The highest BCUT2D eigenvalue weighted by Gasteiger charge is 2.54. The summed E-state index contributed by atoms with van der Waals surface area (Å²) in [4.78, 5) is 54.4. The number of carbonyl (C=O) groups excluding carboxylic acids is 2. The van der Waals surface area contributed by atoms with Crippen molar-refractivity contribution in [3.63, 3.8) is 0 Å². The zero-order valence-corrected chi connectivity index (χ0v) is 22.2. The Bertz CT molecular complexity index is 1440. The van der Waals surface area contributed by atoms with E-state index in [9.17, 15) is 19.5 Å². The van der Waals surface area contributed by atoms with Crippen LogP contribution in [0.25, 0.3) is 5.57 Å². The van der Waals surface area contributed by atoms with Gasteiger partial charge in [-0.15, -0.1) is 34.4 Å². The number of thiazole rings is 2. The van der Waals surface area contributed by atoms with Crippen LogP contribution in [0.5, 0.6) is 0 Å². The van der Waals surface area contributed by atoms with Crippen molar-refractivity contribution in [2.24, 2.45) is 5.16 Å². The van der Waals surface area contributed by atoms with Gasteiger partial charge in [-0.1, -0.05) is 35.1 Å². The predicted molar refractivity (Wildman–Crippen MR) is 142 cm³/mol. The first kappa shape index (κ1) is 25.3. The van der Waals surface area contributed by atoms with E-state index in [2.05, 4.69) is 20.4 Å². The molecule has 1 aromatic carbocycles. The fourth-order valence-electron chi connectivity index (χ4n) is 3.74. The first-order valence-electron chi connectivity index (χ1n) is 10.6. The molecule has 1 fully saturated rings. The van der Waals surface area contributed by atoms with Gasteiger partial charge in [0.15, 0.2) is 15.2 Å². The van der Waals surface area contributed by atoms with Crippen molar-refractivity contribution in [3.8, 4) is 0 Å². The second-order valence-corrected chi connectivity index (χ2v) is 11.9. The molecule has 0 radical (unpaired) electrons. The average molecular weight is 575 g/mol. The number of oxime groups is 1. The van der Waals surface area contributed by atoms with Crippen LogP contribution in [0.3, 0.4) is 0 Å². The van der Waals surface area contributed by atoms with Crippen LogP contribution in [0, 0.1) is 0 Å². The van der Waals surface area contributed by atoms with Gasteiger partial charge in [0.25, 0.3) is 11.8 Å². The van der Waals surface area contributed by atoms with Crippen molar-refractivity contribution in [1.82, 2.24) is 20.2 Å². The molecule has 0 aliphatic carbocycles. The number of fused-ring (bicyclic) bond motifs is 1. The van der Waals surface area contributed by atoms with Crippen LogP contribution >= 0.6 is 46.2 Å². The average Bonchev–Trinajstić information content (AvgIpc) is 3.54. The minimum Gasteiger partial charge on any atom is -0.477 e. The smallest absolute Gasteiger partial charge is 0.353 e. The lowest BCUT2D eigenvalue weighted by molar-refractivity contribution is -0.149. The molecule has 3 aromatic rings. The van der Waals surface area contributed by atoms with E-state index >= 15 is 0 Å². The van der Waals surface area contributed by atoms with Crippen molar-refractivity contribution in [3.05, 3.63) is 58.2 Å². The molecule has 4 N–H and O–H groups in total. The summed E-state index contributed by atoms with van der Waals surface area (Å²) in [7, 11) is 1.28. The quantitative estimate of drug-likeness (QED) is 0.207. The van der Waals surface area contributed by atoms with Crippen LogP contribution in [0.15, 0.2) is 62.0 Å². The summed E-state index contributed by atoms with van der Waals surface area (Å²) in [5, 5.41) is 17.6. The van der Waals surface area contributed by atoms with Crippen LogP contribution in [0.1, 0.15) is 10.6 Å². The van der Waals surface area contributed by atoms with E-state index in [4.69, 9.17) is 10.6 Å². The van der Waals surface area contributed by atoms with E-state index in [1.54, 1.807) is 11.6 Å². The van der Waals surface area contributed by atoms with Gasteiger partial charge in [0.2, 0.25) is 0 Å². The molecular weight excluding hydrogens is 557 g/mol. The number of hydrogen-bond acceptors (Lipinski definition) is 12. The standard InChI is InChI=1S/C22H18N6O5S4/c1-33-27-14(12-9-35-21(23)25-12)17(29)26-15-18(30)28-16(20(31)32)11(8-34-19(15)28)13-7-24-22(37-13)36-10-5-3-2-4-6-10/h2-7,9,15,19H,8H2,1H3,(H2,23,25)(H,26,29)(H,31,32)/b27-14-/t15-,19-/m1/s1. The predicted octanol–water partition coefficient (Wildman–Crippen LogP) is 2.58. The van der Waals surface area contributed by atoms with E-state index in [1.165, 1.54) is 46.9 Å². The Morgan fingerprint density at radius 1 is 1.32 bits per heavy atom. The Hall–Kier alpha value is -3.40. The monoisotopic (exact) mass is 574 g/mol. The molecule has 0 spiro atoms. The summed E-state index contributed by atoms with van der Waals surface area (Å²) in [6.45, 7) is 0. The van der Waals surface area contributed by atoms with Crippen LogP contribution in [0.4, 0.5) is 5.13 Å². The van der Waals surface area contributed by atoms with Crippen molar-refractivity contribution in [2.45, 2.75) is 20.7 Å². The molecule has 11 nitrogen and oxygen atoms in total. The number of nitrogen functional groups attached to an aromatic ring is 1. The van der Waals surface area contributed by atoms with E-state index in [1.807, 2.05) is 30.3 Å². The number of hydrogen-bond donors (Lipinski definition) is 3. The van der Waals surface area contributed by atoms with Gasteiger partial charge in [-0.2, -0.15) is 0 Å². The number of carboxylic acids is 1. The largest absolute Gasteiger partial charge is 0.477 e. The molecule has 4 heterocycles. The number of nitrogens with zero attached hydrogens (tertiary/aromatic N) is 4. The number of aromatic nitrogens is 2. The molecule has 37 heavy (non-hydrogen) atoms. The van der Waals surface area contributed by atoms with E-state index in [0.29, 0.717) is 16.2 Å².